The molecule has 2 aromatic carbocycles. The first-order valence-electron chi connectivity index (χ1n) is 8.11. The summed E-state index contributed by atoms with van der Waals surface area (Å²) in [6.07, 6.45) is 0.638. The second kappa shape index (κ2) is 8.38. The number of rotatable bonds is 5. The van der Waals surface area contributed by atoms with E-state index in [4.69, 9.17) is 11.6 Å². The maximum Gasteiger partial charge on any atom is 0.317 e. The highest BCUT2D eigenvalue weighted by atomic mass is 35.5. The minimum atomic E-state index is -1.00. The zero-order chi connectivity index (χ0) is 18.5. The number of nitrogens with zero attached hydrogens (tertiary/aromatic N) is 2. The number of hydrogen-bond donors (Lipinski definition) is 1. The summed E-state index contributed by atoms with van der Waals surface area (Å²) in [6.45, 7) is 0.453. The Hall–Kier alpha value is -2.31. The van der Waals surface area contributed by atoms with Gasteiger partial charge in [-0.25, -0.2) is 4.99 Å². The van der Waals surface area contributed by atoms with E-state index in [2.05, 4.69) is 4.99 Å². The van der Waals surface area contributed by atoms with Gasteiger partial charge < -0.3 is 5.11 Å². The quantitative estimate of drug-likeness (QED) is 0.840. The monoisotopic (exact) mass is 388 g/mol. The molecule has 0 spiro atoms. The molecule has 1 atom stereocenters. The van der Waals surface area contributed by atoms with Crippen LogP contribution in [0, 0.1) is 0 Å². The van der Waals surface area contributed by atoms with E-state index in [1.807, 2.05) is 30.3 Å². The van der Waals surface area contributed by atoms with Gasteiger partial charge in [0.2, 0.25) is 5.91 Å². The number of carbonyl (C=O) groups is 2. The van der Waals surface area contributed by atoms with E-state index in [1.165, 1.54) is 0 Å². The Balaban J connectivity index is 1.84. The van der Waals surface area contributed by atoms with Crippen molar-refractivity contribution in [2.75, 3.05) is 6.54 Å². The average molecular weight is 389 g/mol. The number of halogens is 1. The van der Waals surface area contributed by atoms with E-state index < -0.39 is 11.2 Å². The van der Waals surface area contributed by atoms with Crippen molar-refractivity contribution in [1.29, 1.82) is 0 Å². The second-order valence-corrected chi connectivity index (χ2v) is 7.41. The summed E-state index contributed by atoms with van der Waals surface area (Å²) >= 11 is 7.00. The van der Waals surface area contributed by atoms with Crippen molar-refractivity contribution in [2.24, 2.45) is 4.99 Å². The Morgan fingerprint density at radius 1 is 1.19 bits per heavy atom. The Morgan fingerprint density at radius 2 is 1.88 bits per heavy atom. The van der Waals surface area contributed by atoms with Crippen LogP contribution >= 0.6 is 23.4 Å². The summed E-state index contributed by atoms with van der Waals surface area (Å²) in [7, 11) is 0. The molecule has 2 aromatic rings. The van der Waals surface area contributed by atoms with Crippen LogP contribution in [-0.2, 0) is 16.0 Å². The molecule has 0 aliphatic carbocycles. The van der Waals surface area contributed by atoms with Crippen molar-refractivity contribution in [3.63, 3.8) is 0 Å². The number of amidine groups is 1. The second-order valence-electron chi connectivity index (χ2n) is 5.80. The van der Waals surface area contributed by atoms with Crippen molar-refractivity contribution < 1.29 is 14.7 Å². The third kappa shape index (κ3) is 4.65. The molecule has 0 bridgehead atoms. The van der Waals surface area contributed by atoms with Crippen LogP contribution in [0.4, 0.5) is 5.69 Å². The van der Waals surface area contributed by atoms with Gasteiger partial charge in [0.1, 0.15) is 5.25 Å². The van der Waals surface area contributed by atoms with E-state index in [0.717, 1.165) is 17.3 Å². The Bertz CT molecular complexity index is 824. The number of amides is 1. The van der Waals surface area contributed by atoms with Gasteiger partial charge in [-0.05, 0) is 36.2 Å². The van der Waals surface area contributed by atoms with Crippen molar-refractivity contribution in [3.05, 3.63) is 65.2 Å². The number of carbonyl (C=O) groups excluding carboxylic acids is 1. The number of carboxylic acids is 1. The molecular weight excluding hydrogens is 372 g/mol. The van der Waals surface area contributed by atoms with Gasteiger partial charge in [-0.2, -0.15) is 0 Å². The molecule has 1 N–H and O–H groups in total. The Labute approximate surface area is 160 Å². The molecule has 1 fully saturated rings. The molecular formula is C19H17ClN2O3S. The summed E-state index contributed by atoms with van der Waals surface area (Å²) < 4.78 is 0. The molecule has 1 aliphatic rings. The third-order valence-electron chi connectivity index (χ3n) is 3.93. The standard InChI is InChI=1S/C19H17ClN2O3S/c20-14-6-8-15(9-7-14)21-19-22(11-10-13-4-2-1-3-5-13)17(23)12-16(26-19)18(24)25/h1-9,16H,10-12H2,(H,24,25). The number of aliphatic carboxylic acids is 1. The molecule has 5 nitrogen and oxygen atoms in total. The van der Waals surface area contributed by atoms with Crippen LogP contribution in [0.3, 0.4) is 0 Å². The molecule has 7 heteroatoms. The Morgan fingerprint density at radius 3 is 2.54 bits per heavy atom. The van der Waals surface area contributed by atoms with Crippen LogP contribution in [-0.4, -0.2) is 38.8 Å². The summed E-state index contributed by atoms with van der Waals surface area (Å²) in [6, 6.07) is 16.7. The van der Waals surface area contributed by atoms with Gasteiger partial charge >= 0.3 is 5.97 Å². The maximum atomic E-state index is 12.5. The SMILES string of the molecule is O=C(O)C1CC(=O)N(CCc2ccccc2)C(=Nc2ccc(Cl)cc2)S1. The van der Waals surface area contributed by atoms with Crippen LogP contribution in [0.1, 0.15) is 12.0 Å². The fourth-order valence-electron chi connectivity index (χ4n) is 2.56. The molecule has 1 aliphatic heterocycles. The fraction of sp³-hybridized carbons (Fsp3) is 0.211. The molecule has 1 heterocycles. The largest absolute Gasteiger partial charge is 0.480 e. The number of carboxylic acid groups (broad SMARTS) is 1. The van der Waals surface area contributed by atoms with E-state index in [1.54, 1.807) is 29.2 Å². The average Bonchev–Trinajstić information content (AvgIpc) is 2.63. The first-order chi connectivity index (χ1) is 12.5. The van der Waals surface area contributed by atoms with Gasteiger partial charge in [0, 0.05) is 11.6 Å². The predicted octanol–water partition coefficient (Wildman–Crippen LogP) is 3.99. The smallest absolute Gasteiger partial charge is 0.317 e. The van der Waals surface area contributed by atoms with E-state index in [-0.39, 0.29) is 12.3 Å². The first kappa shape index (κ1) is 18.5. The van der Waals surface area contributed by atoms with Gasteiger partial charge in [-0.3, -0.25) is 14.5 Å². The zero-order valence-corrected chi connectivity index (χ0v) is 15.4. The predicted molar refractivity (Wildman–Crippen MR) is 104 cm³/mol. The Kier molecular flexibility index (Phi) is 5.96. The molecule has 1 unspecified atom stereocenters. The zero-order valence-electron chi connectivity index (χ0n) is 13.8. The molecule has 26 heavy (non-hydrogen) atoms. The van der Waals surface area contributed by atoms with Crippen LogP contribution in [0.25, 0.3) is 0 Å². The molecule has 1 saturated heterocycles. The highest BCUT2D eigenvalue weighted by molar-refractivity contribution is 8.15. The third-order valence-corrected chi connectivity index (χ3v) is 5.36. The summed E-state index contributed by atoms with van der Waals surface area (Å²) in [5.74, 6) is -1.23. The molecule has 0 radical (unpaired) electrons. The van der Waals surface area contributed by atoms with E-state index in [9.17, 15) is 14.7 Å². The minimum absolute atomic E-state index is 0.0333. The van der Waals surface area contributed by atoms with Gasteiger partial charge in [0.25, 0.3) is 0 Å². The van der Waals surface area contributed by atoms with Crippen molar-refractivity contribution in [1.82, 2.24) is 4.90 Å². The first-order valence-corrected chi connectivity index (χ1v) is 9.37. The van der Waals surface area contributed by atoms with Crippen LogP contribution < -0.4 is 0 Å². The topological polar surface area (TPSA) is 70.0 Å². The summed E-state index contributed by atoms with van der Waals surface area (Å²) in [5, 5.41) is 9.49. The lowest BCUT2D eigenvalue weighted by atomic mass is 10.1. The van der Waals surface area contributed by atoms with Crippen molar-refractivity contribution >= 4 is 46.1 Å². The normalized spacial score (nSPS) is 19.0. The number of benzene rings is 2. The minimum Gasteiger partial charge on any atom is -0.480 e. The number of hydrogen-bond acceptors (Lipinski definition) is 4. The molecule has 1 amide bonds. The number of thioether (sulfide) groups is 1. The van der Waals surface area contributed by atoms with Gasteiger partial charge in [-0.1, -0.05) is 53.7 Å². The van der Waals surface area contributed by atoms with Gasteiger partial charge in [-0.15, -0.1) is 0 Å². The van der Waals surface area contributed by atoms with Crippen molar-refractivity contribution in [3.8, 4) is 0 Å². The summed E-state index contributed by atoms with van der Waals surface area (Å²) in [5.41, 5.74) is 1.73. The molecule has 0 aromatic heterocycles. The van der Waals surface area contributed by atoms with Crippen molar-refractivity contribution in [2.45, 2.75) is 18.1 Å². The molecule has 134 valence electrons. The van der Waals surface area contributed by atoms with E-state index in [0.29, 0.717) is 28.8 Å². The van der Waals surface area contributed by atoms with Gasteiger partial charge in [0.05, 0.1) is 12.1 Å². The summed E-state index contributed by atoms with van der Waals surface area (Å²) in [4.78, 5) is 30.0. The van der Waals surface area contributed by atoms with Crippen LogP contribution in [0.2, 0.25) is 5.02 Å². The van der Waals surface area contributed by atoms with Crippen LogP contribution in [0.15, 0.2) is 59.6 Å². The van der Waals surface area contributed by atoms with Crippen LogP contribution in [0.5, 0.6) is 0 Å². The van der Waals surface area contributed by atoms with E-state index >= 15 is 0 Å². The lowest BCUT2D eigenvalue weighted by Gasteiger charge is -2.30. The highest BCUT2D eigenvalue weighted by Crippen LogP contribution is 2.29. The molecule has 3 rings (SSSR count). The number of aliphatic imine (C=N–C) groups is 1. The highest BCUT2D eigenvalue weighted by Gasteiger charge is 2.35. The fourth-order valence-corrected chi connectivity index (χ4v) is 3.75. The van der Waals surface area contributed by atoms with Gasteiger partial charge in [0.15, 0.2) is 5.17 Å². The lowest BCUT2D eigenvalue weighted by molar-refractivity contribution is -0.139. The molecule has 0 saturated carbocycles. The lowest BCUT2D eigenvalue weighted by Crippen LogP contribution is -2.44. The maximum absolute atomic E-state index is 12.5.